The van der Waals surface area contributed by atoms with Crippen LogP contribution in [0.3, 0.4) is 0 Å². The number of benzene rings is 2. The average Bonchev–Trinajstić information content (AvgIpc) is 3.17. The number of rotatable bonds is 5. The fraction of sp³-hybridized carbons (Fsp3) is 0. The molecular weight excluding hydrogens is 336 g/mol. The van der Waals surface area contributed by atoms with E-state index in [4.69, 9.17) is 4.42 Å². The van der Waals surface area contributed by atoms with Crippen molar-refractivity contribution in [3.8, 4) is 0 Å². The highest BCUT2D eigenvalue weighted by atomic mass is 16.4. The van der Waals surface area contributed by atoms with Gasteiger partial charge >= 0.3 is 0 Å². The van der Waals surface area contributed by atoms with Crippen LogP contribution in [0.5, 0.6) is 0 Å². The summed E-state index contributed by atoms with van der Waals surface area (Å²) in [7, 11) is 0. The number of hydrogen-bond acceptors (Lipinski definition) is 5. The minimum absolute atomic E-state index is 0.122. The molecule has 0 spiro atoms. The van der Waals surface area contributed by atoms with Gasteiger partial charge in [-0.2, -0.15) is 0 Å². The number of aromatic carboxylic acids is 1. The summed E-state index contributed by atoms with van der Waals surface area (Å²) >= 11 is 0. The molecule has 7 heteroatoms. The monoisotopic (exact) mass is 349 g/mol. The molecule has 0 saturated heterocycles. The topological polar surface area (TPSA) is 111 Å². The number of amides is 2. The maximum atomic E-state index is 12.4. The number of nitrogens with one attached hydrogen (secondary N) is 2. The zero-order valence-corrected chi connectivity index (χ0v) is 13.4. The first-order chi connectivity index (χ1) is 12.5. The molecule has 0 bridgehead atoms. The van der Waals surface area contributed by atoms with Crippen LogP contribution in [0.15, 0.2) is 71.3 Å². The lowest BCUT2D eigenvalue weighted by Gasteiger charge is -2.12. The van der Waals surface area contributed by atoms with E-state index in [9.17, 15) is 19.5 Å². The number of carboxylic acid groups (broad SMARTS) is 1. The zero-order valence-electron chi connectivity index (χ0n) is 13.4. The second-order valence-corrected chi connectivity index (χ2v) is 5.30. The summed E-state index contributed by atoms with van der Waals surface area (Å²) in [4.78, 5) is 35.5. The predicted octanol–water partition coefficient (Wildman–Crippen LogP) is 2.15. The lowest BCUT2D eigenvalue weighted by atomic mass is 10.1. The Kier molecular flexibility index (Phi) is 4.80. The third-order valence-electron chi connectivity index (χ3n) is 3.52. The van der Waals surface area contributed by atoms with Gasteiger partial charge in [0.25, 0.3) is 11.8 Å². The molecule has 2 amide bonds. The number of para-hydroxylation sites is 1. The van der Waals surface area contributed by atoms with Crippen molar-refractivity contribution in [3.05, 3.63) is 83.8 Å². The normalized spacial score (nSPS) is 10.2. The molecule has 0 aliphatic heterocycles. The van der Waals surface area contributed by atoms with Crippen LogP contribution in [0.1, 0.15) is 31.3 Å². The first kappa shape index (κ1) is 17.0. The van der Waals surface area contributed by atoms with E-state index in [0.717, 1.165) is 0 Å². The molecule has 1 heterocycles. The summed E-state index contributed by atoms with van der Waals surface area (Å²) in [5.74, 6) is -2.22. The van der Waals surface area contributed by atoms with E-state index in [0.29, 0.717) is 5.69 Å². The second kappa shape index (κ2) is 7.35. The molecule has 0 fully saturated rings. The highest BCUT2D eigenvalue weighted by molar-refractivity contribution is 6.08. The maximum absolute atomic E-state index is 12.4. The number of anilines is 2. The average molecular weight is 349 g/mol. The minimum atomic E-state index is -1.39. The van der Waals surface area contributed by atoms with Gasteiger partial charge in [-0.3, -0.25) is 9.59 Å². The lowest BCUT2D eigenvalue weighted by Crippen LogP contribution is -2.24. The molecule has 130 valence electrons. The predicted molar refractivity (Wildman–Crippen MR) is 91.8 cm³/mol. The smallest absolute Gasteiger partial charge is 0.291 e. The Morgan fingerprint density at radius 2 is 1.65 bits per heavy atom. The highest BCUT2D eigenvalue weighted by Crippen LogP contribution is 2.17. The SMILES string of the molecule is O=C(Nc1ccccc1C(=O)[O-])c1cccc(NC(=O)c2ccco2)c1. The van der Waals surface area contributed by atoms with Crippen LogP contribution in [-0.2, 0) is 0 Å². The van der Waals surface area contributed by atoms with Crippen molar-refractivity contribution in [2.75, 3.05) is 10.6 Å². The fourth-order valence-electron chi connectivity index (χ4n) is 2.30. The number of furan rings is 1. The molecule has 0 radical (unpaired) electrons. The first-order valence-electron chi connectivity index (χ1n) is 7.61. The largest absolute Gasteiger partial charge is 0.545 e. The second-order valence-electron chi connectivity index (χ2n) is 5.30. The van der Waals surface area contributed by atoms with E-state index in [1.807, 2.05) is 0 Å². The Balaban J connectivity index is 1.77. The summed E-state index contributed by atoms with van der Waals surface area (Å²) in [5.41, 5.74) is 0.647. The van der Waals surface area contributed by atoms with Gasteiger partial charge in [0.15, 0.2) is 5.76 Å². The zero-order chi connectivity index (χ0) is 18.5. The molecule has 3 rings (SSSR count). The lowest BCUT2D eigenvalue weighted by molar-refractivity contribution is -0.254. The van der Waals surface area contributed by atoms with Gasteiger partial charge in [0.2, 0.25) is 0 Å². The summed E-state index contributed by atoms with van der Waals surface area (Å²) in [6.07, 6.45) is 1.38. The molecule has 0 atom stereocenters. The van der Waals surface area contributed by atoms with E-state index in [2.05, 4.69) is 10.6 Å². The van der Waals surface area contributed by atoms with Crippen molar-refractivity contribution in [1.82, 2.24) is 0 Å². The van der Waals surface area contributed by atoms with Gasteiger partial charge in [-0.25, -0.2) is 0 Å². The Morgan fingerprint density at radius 3 is 2.38 bits per heavy atom. The molecule has 2 aromatic carbocycles. The van der Waals surface area contributed by atoms with Crippen molar-refractivity contribution >= 4 is 29.2 Å². The summed E-state index contributed by atoms with van der Waals surface area (Å²) < 4.78 is 5.01. The van der Waals surface area contributed by atoms with Crippen LogP contribution in [0.2, 0.25) is 0 Å². The minimum Gasteiger partial charge on any atom is -0.545 e. The van der Waals surface area contributed by atoms with Crippen LogP contribution in [0, 0.1) is 0 Å². The Morgan fingerprint density at radius 1 is 0.846 bits per heavy atom. The van der Waals surface area contributed by atoms with Crippen molar-refractivity contribution in [2.45, 2.75) is 0 Å². The molecular formula is C19H13N2O5-. The van der Waals surface area contributed by atoms with E-state index in [1.54, 1.807) is 30.3 Å². The fourth-order valence-corrected chi connectivity index (χ4v) is 2.30. The molecule has 0 unspecified atom stereocenters. The van der Waals surface area contributed by atoms with Gasteiger partial charge in [-0.1, -0.05) is 24.3 Å². The van der Waals surface area contributed by atoms with Crippen molar-refractivity contribution in [3.63, 3.8) is 0 Å². The standard InChI is InChI=1S/C19H14N2O5/c22-17(21-15-8-2-1-7-14(15)19(24)25)12-5-3-6-13(11-12)20-18(23)16-9-4-10-26-16/h1-11H,(H,20,23)(H,21,22)(H,24,25)/p-1. The summed E-state index contributed by atoms with van der Waals surface area (Å²) in [5, 5.41) is 16.3. The van der Waals surface area contributed by atoms with Gasteiger partial charge in [0.1, 0.15) is 0 Å². The van der Waals surface area contributed by atoms with Crippen LogP contribution in [-0.4, -0.2) is 17.8 Å². The molecule has 3 aromatic rings. The molecule has 0 aliphatic carbocycles. The number of carbonyl (C=O) groups excluding carboxylic acids is 3. The van der Waals surface area contributed by atoms with Crippen LogP contribution in [0.4, 0.5) is 11.4 Å². The first-order valence-corrected chi connectivity index (χ1v) is 7.61. The van der Waals surface area contributed by atoms with Gasteiger partial charge < -0.3 is 25.0 Å². The van der Waals surface area contributed by atoms with E-state index >= 15 is 0 Å². The van der Waals surface area contributed by atoms with Crippen molar-refractivity contribution < 1.29 is 23.9 Å². The Labute approximate surface area is 148 Å². The summed E-state index contributed by atoms with van der Waals surface area (Å²) in [6.45, 7) is 0. The number of carboxylic acids is 1. The molecule has 1 aromatic heterocycles. The van der Waals surface area contributed by atoms with Crippen molar-refractivity contribution in [1.29, 1.82) is 0 Å². The van der Waals surface area contributed by atoms with Gasteiger partial charge in [0, 0.05) is 16.8 Å². The van der Waals surface area contributed by atoms with Crippen LogP contribution < -0.4 is 15.7 Å². The van der Waals surface area contributed by atoms with Gasteiger partial charge in [0.05, 0.1) is 17.9 Å². The van der Waals surface area contributed by atoms with E-state index in [-0.39, 0.29) is 22.6 Å². The number of hydrogen-bond donors (Lipinski definition) is 2. The highest BCUT2D eigenvalue weighted by Gasteiger charge is 2.12. The third kappa shape index (κ3) is 3.78. The van der Waals surface area contributed by atoms with E-state index < -0.39 is 17.8 Å². The molecule has 0 aliphatic rings. The third-order valence-corrected chi connectivity index (χ3v) is 3.52. The van der Waals surface area contributed by atoms with Crippen LogP contribution in [0.25, 0.3) is 0 Å². The maximum Gasteiger partial charge on any atom is 0.291 e. The van der Waals surface area contributed by atoms with Gasteiger partial charge in [-0.15, -0.1) is 0 Å². The van der Waals surface area contributed by atoms with E-state index in [1.165, 1.54) is 36.6 Å². The Hall–Kier alpha value is -3.87. The molecule has 2 N–H and O–H groups in total. The molecule has 7 nitrogen and oxygen atoms in total. The quantitative estimate of drug-likeness (QED) is 0.733. The van der Waals surface area contributed by atoms with Gasteiger partial charge in [-0.05, 0) is 36.4 Å². The van der Waals surface area contributed by atoms with Crippen LogP contribution >= 0.6 is 0 Å². The molecule has 0 saturated carbocycles. The summed E-state index contributed by atoms with van der Waals surface area (Å²) in [6, 6.07) is 15.3. The molecule has 26 heavy (non-hydrogen) atoms. The Bertz CT molecular complexity index is 964. The number of carbonyl (C=O) groups is 3. The van der Waals surface area contributed by atoms with Crippen molar-refractivity contribution in [2.24, 2.45) is 0 Å².